The second-order valence-electron chi connectivity index (χ2n) is 5.58. The topological polar surface area (TPSA) is 67.9 Å². The van der Waals surface area contributed by atoms with Gasteiger partial charge in [-0.1, -0.05) is 17.7 Å². The first kappa shape index (κ1) is 19.5. The van der Waals surface area contributed by atoms with Gasteiger partial charge in [0.15, 0.2) is 11.5 Å². The molecule has 27 heavy (non-hydrogen) atoms. The lowest BCUT2D eigenvalue weighted by molar-refractivity contribution is -0.113. The molecule has 0 radical (unpaired) electrons. The zero-order chi connectivity index (χ0) is 19.6. The summed E-state index contributed by atoms with van der Waals surface area (Å²) in [5.41, 5.74) is 1.29. The van der Waals surface area contributed by atoms with E-state index in [1.807, 2.05) is 13.0 Å². The molecule has 0 aromatic heterocycles. The first-order valence-corrected chi connectivity index (χ1v) is 9.53. The van der Waals surface area contributed by atoms with E-state index < -0.39 is 11.9 Å². The summed E-state index contributed by atoms with van der Waals surface area (Å²) in [7, 11) is 1.57. The zero-order valence-electron chi connectivity index (χ0n) is 14.6. The van der Waals surface area contributed by atoms with Gasteiger partial charge in [-0.15, -0.1) is 0 Å². The van der Waals surface area contributed by atoms with Crippen LogP contribution in [0, 0.1) is 3.57 Å². The molecule has 1 saturated heterocycles. The summed E-state index contributed by atoms with van der Waals surface area (Å²) in [6.45, 7) is 2.35. The second-order valence-corrected chi connectivity index (χ2v) is 7.17. The molecule has 0 bridgehead atoms. The van der Waals surface area contributed by atoms with Gasteiger partial charge in [0.2, 0.25) is 0 Å². The smallest absolute Gasteiger partial charge is 0.333 e. The van der Waals surface area contributed by atoms with Gasteiger partial charge >= 0.3 is 6.03 Å². The van der Waals surface area contributed by atoms with Crippen molar-refractivity contribution < 1.29 is 19.1 Å². The number of benzene rings is 2. The second kappa shape index (κ2) is 8.18. The molecule has 0 saturated carbocycles. The number of hydrogen-bond donors (Lipinski definition) is 1. The van der Waals surface area contributed by atoms with Crippen molar-refractivity contribution in [2.24, 2.45) is 0 Å². The van der Waals surface area contributed by atoms with E-state index in [2.05, 4.69) is 27.9 Å². The molecule has 0 aliphatic carbocycles. The average molecular weight is 499 g/mol. The van der Waals surface area contributed by atoms with E-state index in [1.54, 1.807) is 43.5 Å². The molecule has 8 heteroatoms. The van der Waals surface area contributed by atoms with Crippen LogP contribution in [0.15, 0.2) is 42.1 Å². The number of nitrogens with one attached hydrogen (secondary N) is 1. The Kier molecular flexibility index (Phi) is 5.91. The van der Waals surface area contributed by atoms with E-state index in [0.29, 0.717) is 34.4 Å². The van der Waals surface area contributed by atoms with Gasteiger partial charge in [0.1, 0.15) is 5.70 Å². The summed E-state index contributed by atoms with van der Waals surface area (Å²) in [5.74, 6) is 0.746. The summed E-state index contributed by atoms with van der Waals surface area (Å²) in [6.07, 6.45) is 1.61. The van der Waals surface area contributed by atoms with Gasteiger partial charge in [-0.25, -0.2) is 9.69 Å². The normalized spacial score (nSPS) is 15.3. The molecule has 1 aliphatic rings. The predicted molar refractivity (Wildman–Crippen MR) is 112 cm³/mol. The van der Waals surface area contributed by atoms with E-state index >= 15 is 0 Å². The van der Waals surface area contributed by atoms with Crippen molar-refractivity contribution in [3.05, 3.63) is 56.3 Å². The highest BCUT2D eigenvalue weighted by Crippen LogP contribution is 2.35. The van der Waals surface area contributed by atoms with Crippen LogP contribution in [0.3, 0.4) is 0 Å². The lowest BCUT2D eigenvalue weighted by atomic mass is 10.1. The van der Waals surface area contributed by atoms with Gasteiger partial charge in [-0.2, -0.15) is 0 Å². The molecule has 3 rings (SSSR count). The number of amides is 3. The molecular weight excluding hydrogens is 483 g/mol. The van der Waals surface area contributed by atoms with E-state index in [9.17, 15) is 9.59 Å². The van der Waals surface area contributed by atoms with Gasteiger partial charge < -0.3 is 14.8 Å². The van der Waals surface area contributed by atoms with Crippen molar-refractivity contribution in [1.82, 2.24) is 5.32 Å². The Morgan fingerprint density at radius 3 is 2.70 bits per heavy atom. The Balaban J connectivity index is 1.96. The van der Waals surface area contributed by atoms with Crippen LogP contribution in [0.25, 0.3) is 6.08 Å². The van der Waals surface area contributed by atoms with Gasteiger partial charge in [-0.3, -0.25) is 4.79 Å². The number of carbonyl (C=O) groups excluding carboxylic acids is 2. The number of carbonyl (C=O) groups is 2. The van der Waals surface area contributed by atoms with E-state index in [0.717, 1.165) is 8.47 Å². The van der Waals surface area contributed by atoms with Gasteiger partial charge in [0.05, 0.1) is 23.0 Å². The number of anilines is 1. The summed E-state index contributed by atoms with van der Waals surface area (Å²) >= 11 is 8.10. The van der Waals surface area contributed by atoms with Crippen LogP contribution in [0.5, 0.6) is 11.5 Å². The lowest BCUT2D eigenvalue weighted by Gasteiger charge is -2.12. The van der Waals surface area contributed by atoms with Crippen LogP contribution >= 0.6 is 34.2 Å². The minimum absolute atomic E-state index is 0.170. The largest absolute Gasteiger partial charge is 0.492 e. The number of methoxy groups -OCH3 is 1. The van der Waals surface area contributed by atoms with Crippen molar-refractivity contribution in [1.29, 1.82) is 0 Å². The third-order valence-electron chi connectivity index (χ3n) is 3.79. The number of ether oxygens (including phenoxy) is 2. The fourth-order valence-corrected chi connectivity index (χ4v) is 3.71. The molecule has 1 N–H and O–H groups in total. The Bertz CT molecular complexity index is 945. The number of rotatable bonds is 5. The van der Waals surface area contributed by atoms with Crippen molar-refractivity contribution in [3.8, 4) is 11.5 Å². The summed E-state index contributed by atoms with van der Waals surface area (Å²) in [5, 5.41) is 3.04. The molecule has 0 spiro atoms. The molecule has 1 heterocycles. The maximum atomic E-state index is 12.7. The summed E-state index contributed by atoms with van der Waals surface area (Å²) < 4.78 is 11.8. The summed E-state index contributed by atoms with van der Waals surface area (Å²) in [4.78, 5) is 26.1. The Morgan fingerprint density at radius 2 is 2.04 bits per heavy atom. The van der Waals surface area contributed by atoms with Crippen LogP contribution < -0.4 is 19.7 Å². The van der Waals surface area contributed by atoms with Gasteiger partial charge in [0.25, 0.3) is 5.91 Å². The SMILES string of the molecule is CCOc1cc(C=C2NC(=O)N(c3cccc(Cl)c3)C2=O)cc(I)c1OC. The highest BCUT2D eigenvalue weighted by molar-refractivity contribution is 14.1. The Morgan fingerprint density at radius 1 is 1.26 bits per heavy atom. The minimum atomic E-state index is -0.526. The number of hydrogen-bond acceptors (Lipinski definition) is 4. The molecule has 1 fully saturated rings. The monoisotopic (exact) mass is 498 g/mol. The Hall–Kier alpha value is -2.26. The predicted octanol–water partition coefficient (Wildman–Crippen LogP) is 4.45. The number of imide groups is 1. The van der Waals surface area contributed by atoms with Crippen LogP contribution in [0.4, 0.5) is 10.5 Å². The van der Waals surface area contributed by atoms with Crippen molar-refractivity contribution in [3.63, 3.8) is 0 Å². The minimum Gasteiger partial charge on any atom is -0.492 e. The fourth-order valence-electron chi connectivity index (χ4n) is 2.68. The molecule has 6 nitrogen and oxygen atoms in total. The van der Waals surface area contributed by atoms with Crippen LogP contribution in [-0.4, -0.2) is 25.7 Å². The molecule has 0 atom stereocenters. The van der Waals surface area contributed by atoms with E-state index in [1.165, 1.54) is 0 Å². The maximum Gasteiger partial charge on any atom is 0.333 e. The summed E-state index contributed by atoms with van der Waals surface area (Å²) in [6, 6.07) is 9.65. The van der Waals surface area contributed by atoms with Crippen molar-refractivity contribution in [2.45, 2.75) is 6.92 Å². The zero-order valence-corrected chi connectivity index (χ0v) is 17.5. The third-order valence-corrected chi connectivity index (χ3v) is 4.83. The number of urea groups is 1. The Labute approximate surface area is 175 Å². The van der Waals surface area contributed by atoms with E-state index in [4.69, 9.17) is 21.1 Å². The van der Waals surface area contributed by atoms with Gasteiger partial charge in [-0.05, 0) is 71.5 Å². The van der Waals surface area contributed by atoms with Gasteiger partial charge in [0, 0.05) is 5.02 Å². The average Bonchev–Trinajstić information content (AvgIpc) is 2.88. The molecule has 0 unspecified atom stereocenters. The molecule has 2 aromatic carbocycles. The molecular formula is C19H16ClIN2O4. The van der Waals surface area contributed by atoms with Crippen molar-refractivity contribution >= 4 is 57.9 Å². The first-order valence-electron chi connectivity index (χ1n) is 8.07. The first-order chi connectivity index (χ1) is 12.9. The lowest BCUT2D eigenvalue weighted by Crippen LogP contribution is -2.30. The quantitative estimate of drug-likeness (QED) is 0.376. The molecule has 2 aromatic rings. The third kappa shape index (κ3) is 4.03. The van der Waals surface area contributed by atoms with Crippen LogP contribution in [0.2, 0.25) is 5.02 Å². The number of nitrogens with zero attached hydrogens (tertiary/aromatic N) is 1. The number of halogens is 2. The van der Waals surface area contributed by atoms with E-state index in [-0.39, 0.29) is 5.70 Å². The standard InChI is InChI=1S/C19H16ClIN2O4/c1-3-27-16-9-11(7-14(21)17(16)26-2)8-15-18(24)23(19(25)22-15)13-6-4-5-12(20)10-13/h4-10H,3H2,1-2H3,(H,22,25). The van der Waals surface area contributed by atoms with Crippen molar-refractivity contribution in [2.75, 3.05) is 18.6 Å². The molecule has 1 aliphatic heterocycles. The highest BCUT2D eigenvalue weighted by Gasteiger charge is 2.35. The molecule has 140 valence electrons. The fraction of sp³-hybridized carbons (Fsp3) is 0.158. The van der Waals surface area contributed by atoms with Crippen LogP contribution in [-0.2, 0) is 4.79 Å². The highest BCUT2D eigenvalue weighted by atomic mass is 127. The molecule has 3 amide bonds. The maximum absolute atomic E-state index is 12.7. The van der Waals surface area contributed by atoms with Crippen LogP contribution in [0.1, 0.15) is 12.5 Å².